The van der Waals surface area contributed by atoms with Gasteiger partial charge in [-0.25, -0.2) is 18.5 Å². The molecule has 170 valence electrons. The van der Waals surface area contributed by atoms with Crippen LogP contribution in [0.2, 0.25) is 0 Å². The molecule has 8 nitrogen and oxygen atoms in total. The number of anilines is 1. The average Bonchev–Trinajstić information content (AvgIpc) is 3.41. The van der Waals surface area contributed by atoms with Crippen molar-refractivity contribution in [3.05, 3.63) is 65.6 Å². The molecule has 1 aromatic carbocycles. The van der Waals surface area contributed by atoms with Crippen LogP contribution in [0.5, 0.6) is 0 Å². The van der Waals surface area contributed by atoms with Crippen molar-refractivity contribution in [2.75, 3.05) is 25.0 Å². The van der Waals surface area contributed by atoms with Crippen LogP contribution in [-0.4, -0.2) is 48.2 Å². The van der Waals surface area contributed by atoms with E-state index in [2.05, 4.69) is 4.98 Å². The van der Waals surface area contributed by atoms with Crippen molar-refractivity contribution in [2.24, 2.45) is 0 Å². The van der Waals surface area contributed by atoms with Crippen molar-refractivity contribution in [1.82, 2.24) is 18.4 Å². The second kappa shape index (κ2) is 8.47. The Kier molecular flexibility index (Phi) is 5.87. The zero-order chi connectivity index (χ0) is 23.0. The van der Waals surface area contributed by atoms with Gasteiger partial charge in [0.05, 0.1) is 17.9 Å². The summed E-state index contributed by atoms with van der Waals surface area (Å²) in [7, 11) is -2.62. The van der Waals surface area contributed by atoms with E-state index in [9.17, 15) is 22.0 Å². The van der Waals surface area contributed by atoms with Crippen LogP contribution in [0.1, 0.15) is 41.9 Å². The van der Waals surface area contributed by atoms with Gasteiger partial charge in [-0.15, -0.1) is 0 Å². The number of fused-ring (bicyclic) bond motifs is 1. The average molecular weight is 464 g/mol. The van der Waals surface area contributed by atoms with E-state index in [0.29, 0.717) is 24.3 Å². The van der Waals surface area contributed by atoms with E-state index in [1.807, 2.05) is 9.62 Å². The van der Waals surface area contributed by atoms with Crippen molar-refractivity contribution in [1.29, 1.82) is 0 Å². The maximum atomic E-state index is 14.4. The molecule has 4 rings (SSSR count). The minimum atomic E-state index is -3.98. The molecule has 0 spiro atoms. The Morgan fingerprint density at radius 3 is 2.81 bits per heavy atom. The van der Waals surface area contributed by atoms with Crippen molar-refractivity contribution in [2.45, 2.75) is 25.8 Å². The highest BCUT2D eigenvalue weighted by atomic mass is 32.2. The van der Waals surface area contributed by atoms with Gasteiger partial charge in [-0.1, -0.05) is 6.92 Å². The third-order valence-corrected chi connectivity index (χ3v) is 7.22. The molecule has 1 saturated heterocycles. The largest absolute Gasteiger partial charge is 0.363 e. The molecule has 1 aliphatic rings. The number of hydrogen-bond donors (Lipinski definition) is 1. The van der Waals surface area contributed by atoms with E-state index in [4.69, 9.17) is 0 Å². The second-order valence-electron chi connectivity index (χ2n) is 7.63. The van der Waals surface area contributed by atoms with Gasteiger partial charge in [0, 0.05) is 31.9 Å². The lowest BCUT2D eigenvalue weighted by molar-refractivity contribution is 0.0974. The Hall–Kier alpha value is -3.05. The lowest BCUT2D eigenvalue weighted by atomic mass is 10.0. The summed E-state index contributed by atoms with van der Waals surface area (Å²) in [6.07, 6.45) is 4.39. The van der Waals surface area contributed by atoms with Gasteiger partial charge < -0.3 is 4.90 Å². The first-order valence-electron chi connectivity index (χ1n) is 10.2. The number of rotatable bonds is 6. The number of hydrogen-bond acceptors (Lipinski definition) is 5. The highest BCUT2D eigenvalue weighted by molar-refractivity contribution is 7.87. The minimum Gasteiger partial charge on any atom is -0.363 e. The summed E-state index contributed by atoms with van der Waals surface area (Å²) in [5, 5.41) is 0. The van der Waals surface area contributed by atoms with E-state index in [-0.39, 0.29) is 23.8 Å². The van der Waals surface area contributed by atoms with Gasteiger partial charge in [0.2, 0.25) is 0 Å². The summed E-state index contributed by atoms with van der Waals surface area (Å²) in [6.45, 7) is 2.48. The summed E-state index contributed by atoms with van der Waals surface area (Å²) >= 11 is 0. The van der Waals surface area contributed by atoms with E-state index in [1.54, 1.807) is 25.3 Å². The Labute approximate surface area is 184 Å². The molecule has 1 amide bonds. The lowest BCUT2D eigenvalue weighted by Gasteiger charge is -2.27. The number of aromatic nitrogens is 2. The number of pyridine rings is 1. The Morgan fingerprint density at radius 1 is 1.28 bits per heavy atom. The predicted molar refractivity (Wildman–Crippen MR) is 116 cm³/mol. The Bertz CT molecular complexity index is 1280. The summed E-state index contributed by atoms with van der Waals surface area (Å²) in [5.74, 6) is -1.79. The van der Waals surface area contributed by atoms with Crippen LogP contribution < -0.4 is 9.62 Å². The first-order valence-corrected chi connectivity index (χ1v) is 11.6. The van der Waals surface area contributed by atoms with Gasteiger partial charge in [-0.2, -0.15) is 12.7 Å². The highest BCUT2D eigenvalue weighted by Gasteiger charge is 2.29. The summed E-state index contributed by atoms with van der Waals surface area (Å²) < 4.78 is 57.2. The maximum Gasteiger partial charge on any atom is 0.303 e. The van der Waals surface area contributed by atoms with Crippen LogP contribution in [0.25, 0.3) is 5.65 Å². The molecule has 0 aliphatic carbocycles. The number of amides is 1. The molecular weight excluding hydrogens is 440 g/mol. The van der Waals surface area contributed by atoms with Gasteiger partial charge in [-0.05, 0) is 43.2 Å². The second-order valence-corrected chi connectivity index (χ2v) is 9.40. The van der Waals surface area contributed by atoms with Gasteiger partial charge >= 0.3 is 10.2 Å². The fourth-order valence-corrected chi connectivity index (χ4v) is 4.73. The number of halogens is 2. The molecule has 32 heavy (non-hydrogen) atoms. The molecule has 3 aromatic rings. The molecular formula is C21H23F2N5O3S. The van der Waals surface area contributed by atoms with Crippen LogP contribution in [-0.2, 0) is 10.2 Å². The molecule has 1 aliphatic heterocycles. The summed E-state index contributed by atoms with van der Waals surface area (Å²) in [6, 6.07) is 6.54. The van der Waals surface area contributed by atoms with Crippen molar-refractivity contribution >= 4 is 27.5 Å². The van der Waals surface area contributed by atoms with E-state index in [0.717, 1.165) is 22.9 Å². The normalized spacial score (nSPS) is 16.8. The molecule has 0 radical (unpaired) electrons. The van der Waals surface area contributed by atoms with Crippen LogP contribution in [0.3, 0.4) is 0 Å². The highest BCUT2D eigenvalue weighted by Crippen LogP contribution is 2.37. The number of nitrogens with one attached hydrogen (secondary N) is 1. The van der Waals surface area contributed by atoms with E-state index >= 15 is 0 Å². The zero-order valence-electron chi connectivity index (χ0n) is 17.6. The fourth-order valence-electron chi connectivity index (χ4n) is 3.89. The van der Waals surface area contributed by atoms with Crippen LogP contribution in [0.15, 0.2) is 42.7 Å². The number of carbonyl (C=O) groups excluding carboxylic acids is 1. The molecule has 1 fully saturated rings. The van der Waals surface area contributed by atoms with Crippen molar-refractivity contribution in [3.63, 3.8) is 0 Å². The van der Waals surface area contributed by atoms with E-state index < -0.39 is 27.8 Å². The monoisotopic (exact) mass is 463 g/mol. The van der Waals surface area contributed by atoms with Crippen molar-refractivity contribution < 1.29 is 22.0 Å². The third kappa shape index (κ3) is 4.05. The minimum absolute atomic E-state index is 0.0441. The number of benzene rings is 1. The molecule has 2 aromatic heterocycles. The number of nitrogens with zero attached hydrogens (tertiary/aromatic N) is 4. The quantitative estimate of drug-likeness (QED) is 0.608. The van der Waals surface area contributed by atoms with Crippen molar-refractivity contribution in [3.8, 4) is 0 Å². The number of imidazole rings is 1. The Morgan fingerprint density at radius 2 is 2.06 bits per heavy atom. The zero-order valence-corrected chi connectivity index (χ0v) is 18.4. The molecule has 1 N–H and O–H groups in total. The summed E-state index contributed by atoms with van der Waals surface area (Å²) in [5.41, 5.74) is 1.46. The third-order valence-electron chi connectivity index (χ3n) is 5.70. The molecule has 1 unspecified atom stereocenters. The molecule has 3 heterocycles. The molecule has 11 heteroatoms. The first-order chi connectivity index (χ1) is 15.2. The summed E-state index contributed by atoms with van der Waals surface area (Å²) in [4.78, 5) is 18.8. The van der Waals surface area contributed by atoms with Gasteiger partial charge in [-0.3, -0.25) is 9.20 Å². The van der Waals surface area contributed by atoms with Gasteiger partial charge in [0.1, 0.15) is 23.0 Å². The maximum absolute atomic E-state index is 14.4. The van der Waals surface area contributed by atoms with Crippen LogP contribution >= 0.6 is 0 Å². The molecule has 0 bridgehead atoms. The van der Waals surface area contributed by atoms with Gasteiger partial charge in [0.25, 0.3) is 5.91 Å². The van der Waals surface area contributed by atoms with Crippen LogP contribution in [0.4, 0.5) is 14.5 Å². The predicted octanol–water partition coefficient (Wildman–Crippen LogP) is 2.88. The standard InChI is InChI=1S/C21H23F2N5O3S/c1-3-26(2)32(30,31)25-21(29)19-12-24-20-9-7-15(13-28(19)20)27-10-4-5-18(27)16-11-14(22)6-8-17(16)23/h6-9,11-13,18H,3-5,10H2,1-2H3,(H,25,29). The fraction of sp³-hybridized carbons (Fsp3) is 0.333. The van der Waals surface area contributed by atoms with Gasteiger partial charge in [0.15, 0.2) is 0 Å². The number of carbonyl (C=O) groups is 1. The first kappa shape index (κ1) is 22.2. The lowest BCUT2D eigenvalue weighted by Crippen LogP contribution is -2.41. The SMILES string of the molecule is CCN(C)S(=O)(=O)NC(=O)c1cnc2ccc(N3CCCC3c3cc(F)ccc3F)cn12. The smallest absolute Gasteiger partial charge is 0.303 e. The molecule has 0 saturated carbocycles. The molecule has 1 atom stereocenters. The van der Waals surface area contributed by atoms with Crippen LogP contribution in [0, 0.1) is 11.6 Å². The topological polar surface area (TPSA) is 87.0 Å². The van der Waals surface area contributed by atoms with E-state index in [1.165, 1.54) is 23.7 Å². The Balaban J connectivity index is 1.68.